The van der Waals surface area contributed by atoms with Crippen LogP contribution in [-0.4, -0.2) is 17.8 Å². The van der Waals surface area contributed by atoms with E-state index in [-0.39, 0.29) is 18.9 Å². The van der Waals surface area contributed by atoms with Gasteiger partial charge in [-0.25, -0.2) is 0 Å². The van der Waals surface area contributed by atoms with Crippen molar-refractivity contribution in [1.82, 2.24) is 4.98 Å². The molecule has 0 bridgehead atoms. The summed E-state index contributed by atoms with van der Waals surface area (Å²) in [5, 5.41) is 0. The Kier molecular flexibility index (Phi) is 3.43. The summed E-state index contributed by atoms with van der Waals surface area (Å²) in [6.45, 7) is 2.14. The van der Waals surface area contributed by atoms with Crippen molar-refractivity contribution < 1.29 is 14.2 Å². The van der Waals surface area contributed by atoms with Gasteiger partial charge in [0.15, 0.2) is 17.6 Å². The Balaban J connectivity index is 1.84. The molecule has 2 aromatic rings. The van der Waals surface area contributed by atoms with E-state index in [2.05, 4.69) is 4.98 Å². The second kappa shape index (κ2) is 5.38. The predicted octanol–water partition coefficient (Wildman–Crippen LogP) is 2.28. The Morgan fingerprint density at radius 2 is 2.05 bits per heavy atom. The number of benzene rings is 1. The van der Waals surface area contributed by atoms with Crippen molar-refractivity contribution >= 4 is 0 Å². The van der Waals surface area contributed by atoms with Gasteiger partial charge in [0.25, 0.3) is 0 Å². The highest BCUT2D eigenvalue weighted by molar-refractivity contribution is 5.47. The molecule has 0 aliphatic carbocycles. The number of pyridine rings is 1. The Labute approximate surface area is 117 Å². The van der Waals surface area contributed by atoms with Gasteiger partial charge in [-0.1, -0.05) is 6.07 Å². The molecule has 0 saturated heterocycles. The van der Waals surface area contributed by atoms with Gasteiger partial charge in [0, 0.05) is 18.3 Å². The van der Waals surface area contributed by atoms with Gasteiger partial charge >= 0.3 is 0 Å². The SMILES string of the molecule is CC(N)C(Oc1ccc2c(c1)OCO2)c1ccccn1. The zero-order valence-corrected chi connectivity index (χ0v) is 11.2. The maximum Gasteiger partial charge on any atom is 0.231 e. The number of aromatic nitrogens is 1. The summed E-state index contributed by atoms with van der Waals surface area (Å²) in [6.07, 6.45) is 1.42. The standard InChI is InChI=1S/C15H16N2O3/c1-10(16)15(12-4-2-3-7-17-12)20-11-5-6-13-14(8-11)19-9-18-13/h2-8,10,15H,9,16H2,1H3. The molecule has 2 atom stereocenters. The van der Waals surface area contributed by atoms with Gasteiger partial charge in [-0.3, -0.25) is 4.98 Å². The van der Waals surface area contributed by atoms with Crippen molar-refractivity contribution in [3.63, 3.8) is 0 Å². The van der Waals surface area contributed by atoms with Crippen LogP contribution in [0.5, 0.6) is 17.2 Å². The lowest BCUT2D eigenvalue weighted by Crippen LogP contribution is -2.29. The van der Waals surface area contributed by atoms with Crippen LogP contribution >= 0.6 is 0 Å². The van der Waals surface area contributed by atoms with E-state index in [1.807, 2.05) is 37.3 Å². The van der Waals surface area contributed by atoms with Gasteiger partial charge in [0.1, 0.15) is 5.75 Å². The number of hydrogen-bond donors (Lipinski definition) is 1. The highest BCUT2D eigenvalue weighted by atomic mass is 16.7. The van der Waals surface area contributed by atoms with E-state index < -0.39 is 0 Å². The minimum Gasteiger partial charge on any atom is -0.482 e. The average molecular weight is 272 g/mol. The number of ether oxygens (including phenoxy) is 3. The molecule has 2 N–H and O–H groups in total. The van der Waals surface area contributed by atoms with Gasteiger partial charge in [0.05, 0.1) is 5.69 Å². The Morgan fingerprint density at radius 3 is 2.80 bits per heavy atom. The third-order valence-corrected chi connectivity index (χ3v) is 3.06. The van der Waals surface area contributed by atoms with Gasteiger partial charge in [-0.2, -0.15) is 0 Å². The molecule has 20 heavy (non-hydrogen) atoms. The van der Waals surface area contributed by atoms with E-state index in [4.69, 9.17) is 19.9 Å². The van der Waals surface area contributed by atoms with Gasteiger partial charge in [-0.15, -0.1) is 0 Å². The third-order valence-electron chi connectivity index (χ3n) is 3.06. The summed E-state index contributed by atoms with van der Waals surface area (Å²) in [4.78, 5) is 4.31. The quantitative estimate of drug-likeness (QED) is 0.924. The second-order valence-corrected chi connectivity index (χ2v) is 4.67. The number of rotatable bonds is 4. The first-order chi connectivity index (χ1) is 9.74. The third kappa shape index (κ3) is 2.53. The molecule has 0 radical (unpaired) electrons. The topological polar surface area (TPSA) is 66.6 Å². The number of hydrogen-bond acceptors (Lipinski definition) is 5. The summed E-state index contributed by atoms with van der Waals surface area (Å²) in [5.41, 5.74) is 6.81. The van der Waals surface area contributed by atoms with E-state index in [0.29, 0.717) is 11.5 Å². The van der Waals surface area contributed by atoms with Gasteiger partial charge in [-0.05, 0) is 31.2 Å². The molecular weight excluding hydrogens is 256 g/mol. The van der Waals surface area contributed by atoms with E-state index in [1.165, 1.54) is 0 Å². The molecule has 0 amide bonds. The van der Waals surface area contributed by atoms with Crippen molar-refractivity contribution in [1.29, 1.82) is 0 Å². The minimum absolute atomic E-state index is 0.185. The van der Waals surface area contributed by atoms with Gasteiger partial charge in [0.2, 0.25) is 6.79 Å². The Hall–Kier alpha value is -2.27. The molecule has 1 aliphatic rings. The maximum absolute atomic E-state index is 6.01. The lowest BCUT2D eigenvalue weighted by atomic mass is 10.1. The zero-order chi connectivity index (χ0) is 13.9. The number of nitrogens with zero attached hydrogens (tertiary/aromatic N) is 1. The average Bonchev–Trinajstić information content (AvgIpc) is 2.93. The van der Waals surface area contributed by atoms with E-state index >= 15 is 0 Å². The molecule has 1 aromatic carbocycles. The lowest BCUT2D eigenvalue weighted by Gasteiger charge is -2.22. The molecule has 0 fully saturated rings. The molecule has 3 rings (SSSR count). The molecule has 1 aromatic heterocycles. The largest absolute Gasteiger partial charge is 0.482 e. The van der Waals surface area contributed by atoms with Gasteiger partial charge < -0.3 is 19.9 Å². The summed E-state index contributed by atoms with van der Waals surface area (Å²) in [5.74, 6) is 2.10. The highest BCUT2D eigenvalue weighted by Gasteiger charge is 2.21. The predicted molar refractivity (Wildman–Crippen MR) is 73.8 cm³/mol. The molecule has 5 heteroatoms. The van der Waals surface area contributed by atoms with Crippen LogP contribution in [0, 0.1) is 0 Å². The molecule has 1 aliphatic heterocycles. The first-order valence-electron chi connectivity index (χ1n) is 6.47. The maximum atomic E-state index is 6.01. The smallest absolute Gasteiger partial charge is 0.231 e. The van der Waals surface area contributed by atoms with Crippen LogP contribution < -0.4 is 19.9 Å². The molecule has 2 unspecified atom stereocenters. The molecule has 0 saturated carbocycles. The number of nitrogens with two attached hydrogens (primary N) is 1. The molecule has 2 heterocycles. The van der Waals surface area contributed by atoms with Crippen LogP contribution in [0.15, 0.2) is 42.6 Å². The van der Waals surface area contributed by atoms with Crippen molar-refractivity contribution in [3.8, 4) is 17.2 Å². The zero-order valence-electron chi connectivity index (χ0n) is 11.2. The Bertz CT molecular complexity index is 587. The van der Waals surface area contributed by atoms with Crippen molar-refractivity contribution in [2.75, 3.05) is 6.79 Å². The first-order valence-corrected chi connectivity index (χ1v) is 6.47. The fourth-order valence-electron chi connectivity index (χ4n) is 2.08. The second-order valence-electron chi connectivity index (χ2n) is 4.67. The normalized spacial score (nSPS) is 15.7. The summed E-state index contributed by atoms with van der Waals surface area (Å²) in [7, 11) is 0. The van der Waals surface area contributed by atoms with Crippen molar-refractivity contribution in [3.05, 3.63) is 48.3 Å². The first kappa shape index (κ1) is 12.7. The van der Waals surface area contributed by atoms with Crippen LogP contribution in [-0.2, 0) is 0 Å². The van der Waals surface area contributed by atoms with Crippen molar-refractivity contribution in [2.24, 2.45) is 5.73 Å². The number of fused-ring (bicyclic) bond motifs is 1. The van der Waals surface area contributed by atoms with E-state index in [1.54, 1.807) is 12.3 Å². The van der Waals surface area contributed by atoms with Crippen LogP contribution in [0.4, 0.5) is 0 Å². The van der Waals surface area contributed by atoms with Crippen LogP contribution in [0.25, 0.3) is 0 Å². The molecule has 0 spiro atoms. The Morgan fingerprint density at radius 1 is 1.20 bits per heavy atom. The molecule has 104 valence electrons. The fraction of sp³-hybridized carbons (Fsp3) is 0.267. The summed E-state index contributed by atoms with van der Waals surface area (Å²) in [6, 6.07) is 11.0. The molecular formula is C15H16N2O3. The highest BCUT2D eigenvalue weighted by Crippen LogP contribution is 2.36. The van der Waals surface area contributed by atoms with Crippen LogP contribution in [0.1, 0.15) is 18.7 Å². The van der Waals surface area contributed by atoms with E-state index in [9.17, 15) is 0 Å². The summed E-state index contributed by atoms with van der Waals surface area (Å²) < 4.78 is 16.6. The van der Waals surface area contributed by atoms with Crippen LogP contribution in [0.2, 0.25) is 0 Å². The lowest BCUT2D eigenvalue weighted by molar-refractivity contribution is 0.170. The van der Waals surface area contributed by atoms with E-state index in [0.717, 1.165) is 11.4 Å². The van der Waals surface area contributed by atoms with Crippen molar-refractivity contribution in [2.45, 2.75) is 19.1 Å². The summed E-state index contributed by atoms with van der Waals surface area (Å²) >= 11 is 0. The molecule has 5 nitrogen and oxygen atoms in total. The minimum atomic E-state index is -0.309. The fourth-order valence-corrected chi connectivity index (χ4v) is 2.08. The monoisotopic (exact) mass is 272 g/mol. The van der Waals surface area contributed by atoms with Crippen LogP contribution in [0.3, 0.4) is 0 Å².